The van der Waals surface area contributed by atoms with Gasteiger partial charge in [0.25, 0.3) is 0 Å². The third-order valence-electron chi connectivity index (χ3n) is 2.48. The fourth-order valence-electron chi connectivity index (χ4n) is 1.53. The molecule has 0 amide bonds. The van der Waals surface area contributed by atoms with Crippen molar-refractivity contribution in [1.29, 1.82) is 0 Å². The molecule has 4 heteroatoms. The van der Waals surface area contributed by atoms with Crippen molar-refractivity contribution in [1.82, 2.24) is 0 Å². The molecule has 0 atom stereocenters. The van der Waals surface area contributed by atoms with Crippen molar-refractivity contribution in [2.75, 3.05) is 39.6 Å². The van der Waals surface area contributed by atoms with Gasteiger partial charge >= 0.3 is 0 Å². The number of hydrogen-bond acceptors (Lipinski definition) is 3. The maximum atomic E-state index is 4.94. The van der Waals surface area contributed by atoms with Gasteiger partial charge in [0.2, 0.25) is 0 Å². The zero-order chi connectivity index (χ0) is 10.6. The third-order valence-corrected chi connectivity index (χ3v) is 2.48. The largest absolute Gasteiger partial charge is 0.381 e. The van der Waals surface area contributed by atoms with Crippen LogP contribution >= 0.6 is 0 Å². The first-order valence-electron chi connectivity index (χ1n) is 6.23. The third kappa shape index (κ3) is 10.9. The summed E-state index contributed by atoms with van der Waals surface area (Å²) in [7, 11) is 0. The Morgan fingerprint density at radius 1 is 0.375 bits per heavy atom. The van der Waals surface area contributed by atoms with Gasteiger partial charge in [-0.25, -0.2) is 0 Å². The normalized spacial score (nSPS) is 22.5. The predicted octanol–water partition coefficient (Wildman–Crippen LogP) is 2.39. The molecule has 3 rings (SSSR count). The van der Waals surface area contributed by atoms with E-state index in [4.69, 9.17) is 14.2 Å². The van der Waals surface area contributed by atoms with E-state index in [9.17, 15) is 0 Å². The summed E-state index contributed by atoms with van der Waals surface area (Å²) in [6.07, 6.45) is 7.67. The van der Waals surface area contributed by atoms with Crippen molar-refractivity contribution < 1.29 is 31.6 Å². The van der Waals surface area contributed by atoms with Crippen molar-refractivity contribution in [2.45, 2.75) is 38.5 Å². The Morgan fingerprint density at radius 2 is 0.562 bits per heavy atom. The minimum atomic E-state index is 0. The minimum absolute atomic E-state index is 0. The summed E-state index contributed by atoms with van der Waals surface area (Å²) in [6.45, 7) is 6.00. The summed E-state index contributed by atoms with van der Waals surface area (Å²) in [4.78, 5) is 0. The Bertz CT molecular complexity index is 74.8. The molecule has 3 nitrogen and oxygen atoms in total. The van der Waals surface area contributed by atoms with Crippen LogP contribution in [0.1, 0.15) is 38.5 Å². The molecule has 16 heavy (non-hydrogen) atoms. The van der Waals surface area contributed by atoms with E-state index < -0.39 is 0 Å². The Balaban J connectivity index is 0.000000205. The first-order chi connectivity index (χ1) is 7.50. The molecule has 3 aliphatic heterocycles. The fraction of sp³-hybridized carbons (Fsp3) is 1.00. The second kappa shape index (κ2) is 13.5. The maximum absolute atomic E-state index is 4.94. The zero-order valence-corrected chi connectivity index (χ0v) is 11.4. The van der Waals surface area contributed by atoms with Gasteiger partial charge in [-0.2, -0.15) is 0 Å². The van der Waals surface area contributed by atoms with Gasteiger partial charge in [-0.05, 0) is 38.5 Å². The summed E-state index contributed by atoms with van der Waals surface area (Å²) in [5.74, 6) is 0. The molecule has 0 aromatic rings. The van der Waals surface area contributed by atoms with Crippen LogP contribution in [0.2, 0.25) is 0 Å². The molecule has 96 valence electrons. The van der Waals surface area contributed by atoms with Crippen molar-refractivity contribution in [3.8, 4) is 0 Å². The monoisotopic (exact) mass is 268 g/mol. The second-order valence-corrected chi connectivity index (χ2v) is 3.96. The number of rotatable bonds is 0. The maximum Gasteiger partial charge on any atom is 0.0466 e. The van der Waals surface area contributed by atoms with Crippen LogP contribution in [0.15, 0.2) is 0 Å². The Hall–Kier alpha value is 0.412. The SMILES string of the molecule is C1CCOC1.C1CCOC1.C1CCOC1.[Cr]. The molecule has 3 aliphatic rings. The molecule has 0 aromatic heterocycles. The van der Waals surface area contributed by atoms with Crippen molar-refractivity contribution in [3.05, 3.63) is 0 Å². The van der Waals surface area contributed by atoms with Gasteiger partial charge in [0, 0.05) is 57.0 Å². The predicted molar refractivity (Wildman–Crippen MR) is 60.2 cm³/mol. The molecule has 0 saturated carbocycles. The molecular weight excluding hydrogens is 244 g/mol. The van der Waals surface area contributed by atoms with Gasteiger partial charge < -0.3 is 14.2 Å². The van der Waals surface area contributed by atoms with E-state index in [-0.39, 0.29) is 17.4 Å². The van der Waals surface area contributed by atoms with Crippen LogP contribution in [0.3, 0.4) is 0 Å². The Labute approximate surface area is 110 Å². The van der Waals surface area contributed by atoms with Crippen LogP contribution < -0.4 is 0 Å². The number of ether oxygens (including phenoxy) is 3. The van der Waals surface area contributed by atoms with E-state index in [1.807, 2.05) is 0 Å². The average molecular weight is 268 g/mol. The smallest absolute Gasteiger partial charge is 0.0466 e. The van der Waals surface area contributed by atoms with E-state index in [1.165, 1.54) is 38.5 Å². The first kappa shape index (κ1) is 16.4. The van der Waals surface area contributed by atoms with Gasteiger partial charge in [-0.3, -0.25) is 0 Å². The molecule has 0 N–H and O–H groups in total. The van der Waals surface area contributed by atoms with Gasteiger partial charge in [-0.1, -0.05) is 0 Å². The summed E-state index contributed by atoms with van der Waals surface area (Å²) < 4.78 is 14.8. The average Bonchev–Trinajstić information content (AvgIpc) is 3.09. The number of hydrogen-bond donors (Lipinski definition) is 0. The summed E-state index contributed by atoms with van der Waals surface area (Å²) in [5, 5.41) is 0. The molecule has 0 aromatic carbocycles. The standard InChI is InChI=1S/3C4H8O.Cr/c3*1-2-4-5-3-1;/h3*1-4H2;. The van der Waals surface area contributed by atoms with Crippen molar-refractivity contribution >= 4 is 0 Å². The van der Waals surface area contributed by atoms with Crippen LogP contribution in [0.25, 0.3) is 0 Å². The van der Waals surface area contributed by atoms with E-state index in [0.29, 0.717) is 0 Å². The van der Waals surface area contributed by atoms with Crippen LogP contribution in [-0.2, 0) is 31.6 Å². The van der Waals surface area contributed by atoms with Crippen LogP contribution in [-0.4, -0.2) is 39.6 Å². The summed E-state index contributed by atoms with van der Waals surface area (Å²) >= 11 is 0. The van der Waals surface area contributed by atoms with E-state index in [0.717, 1.165) is 39.6 Å². The van der Waals surface area contributed by atoms with Crippen LogP contribution in [0.5, 0.6) is 0 Å². The molecule has 0 unspecified atom stereocenters. The topological polar surface area (TPSA) is 27.7 Å². The van der Waals surface area contributed by atoms with Gasteiger partial charge in [0.1, 0.15) is 0 Å². The molecule has 0 radical (unpaired) electrons. The molecule has 3 fully saturated rings. The molecule has 3 saturated heterocycles. The van der Waals surface area contributed by atoms with E-state index in [1.54, 1.807) is 0 Å². The van der Waals surface area contributed by atoms with Crippen molar-refractivity contribution in [2.24, 2.45) is 0 Å². The zero-order valence-electron chi connectivity index (χ0n) is 10.1. The van der Waals surface area contributed by atoms with Crippen LogP contribution in [0.4, 0.5) is 0 Å². The van der Waals surface area contributed by atoms with Gasteiger partial charge in [0.15, 0.2) is 0 Å². The second-order valence-electron chi connectivity index (χ2n) is 3.96. The quantitative estimate of drug-likeness (QED) is 0.675. The fourth-order valence-corrected chi connectivity index (χ4v) is 1.53. The Morgan fingerprint density at radius 3 is 0.625 bits per heavy atom. The molecule has 0 spiro atoms. The van der Waals surface area contributed by atoms with Gasteiger partial charge in [0.05, 0.1) is 0 Å². The molecule has 0 aliphatic carbocycles. The molecule has 3 heterocycles. The first-order valence-corrected chi connectivity index (χ1v) is 6.23. The van der Waals surface area contributed by atoms with Gasteiger partial charge in [-0.15, -0.1) is 0 Å². The molecule has 0 bridgehead atoms. The minimum Gasteiger partial charge on any atom is -0.381 e. The van der Waals surface area contributed by atoms with E-state index >= 15 is 0 Å². The van der Waals surface area contributed by atoms with Crippen molar-refractivity contribution in [3.63, 3.8) is 0 Å². The van der Waals surface area contributed by atoms with Crippen LogP contribution in [0, 0.1) is 0 Å². The Kier molecular flexibility index (Phi) is 13.8. The summed E-state index contributed by atoms with van der Waals surface area (Å²) in [5.41, 5.74) is 0. The summed E-state index contributed by atoms with van der Waals surface area (Å²) in [6, 6.07) is 0. The molecular formula is C12H24CrO3. The van der Waals surface area contributed by atoms with E-state index in [2.05, 4.69) is 0 Å².